The van der Waals surface area contributed by atoms with Gasteiger partial charge in [-0.05, 0) is 55.4 Å². The molecule has 0 amide bonds. The Balaban J connectivity index is 1.65. The van der Waals surface area contributed by atoms with Gasteiger partial charge < -0.3 is 14.0 Å². The molecule has 0 radical (unpaired) electrons. The van der Waals surface area contributed by atoms with Gasteiger partial charge in [0, 0.05) is 29.8 Å². The predicted molar refractivity (Wildman–Crippen MR) is 135 cm³/mol. The van der Waals surface area contributed by atoms with Crippen LogP contribution in [0.15, 0.2) is 67.3 Å². The van der Waals surface area contributed by atoms with E-state index in [0.29, 0.717) is 11.7 Å². The molecule has 2 aromatic carbocycles. The van der Waals surface area contributed by atoms with E-state index in [1.165, 1.54) is 0 Å². The van der Waals surface area contributed by atoms with Crippen LogP contribution in [0.5, 0.6) is 5.75 Å². The minimum Gasteiger partial charge on any atom is -0.490 e. The van der Waals surface area contributed by atoms with Crippen molar-refractivity contribution < 1.29 is 27.4 Å². The summed E-state index contributed by atoms with van der Waals surface area (Å²) in [6.07, 6.45) is -3.81. The first-order valence-electron chi connectivity index (χ1n) is 12.4. The second-order valence-electron chi connectivity index (χ2n) is 9.78. The van der Waals surface area contributed by atoms with Crippen molar-refractivity contribution >= 4 is 16.9 Å². The van der Waals surface area contributed by atoms with E-state index in [1.54, 1.807) is 6.07 Å². The predicted octanol–water partition coefficient (Wildman–Crippen LogP) is 7.56. The summed E-state index contributed by atoms with van der Waals surface area (Å²) in [5, 5.41) is 1.00. The second kappa shape index (κ2) is 10.8. The van der Waals surface area contributed by atoms with Gasteiger partial charge >= 0.3 is 12.1 Å². The van der Waals surface area contributed by atoms with E-state index >= 15 is 0 Å². The number of carbonyl (C=O) groups excluding carboxylic acids is 1. The van der Waals surface area contributed by atoms with Gasteiger partial charge in [-0.1, -0.05) is 50.8 Å². The molecule has 1 aliphatic rings. The molecule has 1 saturated carbocycles. The van der Waals surface area contributed by atoms with Gasteiger partial charge in [-0.15, -0.1) is 0 Å². The molecule has 0 N–H and O–H groups in total. The molecule has 1 aromatic heterocycles. The third-order valence-corrected chi connectivity index (χ3v) is 6.74. The molecule has 3 aromatic rings. The van der Waals surface area contributed by atoms with E-state index in [1.807, 2.05) is 30.3 Å². The first kappa shape index (κ1) is 25.9. The maximum Gasteiger partial charge on any atom is 0.398 e. The highest BCUT2D eigenvalue weighted by Gasteiger charge is 2.55. The number of hydrogen-bond donors (Lipinski definition) is 0. The van der Waals surface area contributed by atoms with Crippen molar-refractivity contribution in [2.75, 3.05) is 0 Å². The van der Waals surface area contributed by atoms with E-state index in [0.717, 1.165) is 47.6 Å². The second-order valence-corrected chi connectivity index (χ2v) is 9.78. The molecule has 192 valence electrons. The molecular formula is C29H32F3NO3. The van der Waals surface area contributed by atoms with E-state index in [9.17, 15) is 18.0 Å². The summed E-state index contributed by atoms with van der Waals surface area (Å²) in [6, 6.07) is 17.6. The van der Waals surface area contributed by atoms with Crippen molar-refractivity contribution in [1.29, 1.82) is 0 Å². The number of hydrogen-bond acceptors (Lipinski definition) is 3. The molecule has 0 saturated heterocycles. The van der Waals surface area contributed by atoms with Gasteiger partial charge in [-0.2, -0.15) is 13.2 Å². The molecule has 4 rings (SSSR count). The highest BCUT2D eigenvalue weighted by molar-refractivity contribution is 5.88. The highest BCUT2D eigenvalue weighted by Crippen LogP contribution is 2.43. The number of rotatable bonds is 9. The summed E-state index contributed by atoms with van der Waals surface area (Å²) in [7, 11) is 0. The Morgan fingerprint density at radius 2 is 1.83 bits per heavy atom. The number of benzene rings is 2. The molecule has 1 heterocycles. The lowest BCUT2D eigenvalue weighted by atomic mass is 10.0. The van der Waals surface area contributed by atoms with Crippen LogP contribution in [0.2, 0.25) is 0 Å². The number of ether oxygens (including phenoxy) is 2. The Hall–Kier alpha value is -3.22. The molecule has 1 fully saturated rings. The standard InChI is InChI=1S/C29H32F3NO3/c1-4-27(34)36-26-15-14-25(28(26)29(30,31)32)35-22-13-12-21-17-23(20-10-6-5-7-11-20)33(24(21)18-22)16-8-9-19(2)3/h4-7,10-13,17-19,25-26,28H,1,8-9,14-16H2,2-3H3. The van der Waals surface area contributed by atoms with E-state index in [2.05, 4.69) is 43.2 Å². The smallest absolute Gasteiger partial charge is 0.398 e. The number of fused-ring (bicyclic) bond motifs is 1. The third-order valence-electron chi connectivity index (χ3n) is 6.74. The van der Waals surface area contributed by atoms with Gasteiger partial charge in [0.25, 0.3) is 0 Å². The summed E-state index contributed by atoms with van der Waals surface area (Å²) in [4.78, 5) is 11.6. The maximum atomic E-state index is 13.9. The summed E-state index contributed by atoms with van der Waals surface area (Å²) in [5.41, 5.74) is 3.07. The molecule has 4 nitrogen and oxygen atoms in total. The monoisotopic (exact) mass is 499 g/mol. The van der Waals surface area contributed by atoms with Crippen LogP contribution in [-0.2, 0) is 16.1 Å². The molecule has 0 aliphatic heterocycles. The number of aryl methyl sites for hydroxylation is 1. The van der Waals surface area contributed by atoms with Gasteiger partial charge in [-0.3, -0.25) is 0 Å². The number of esters is 1. The van der Waals surface area contributed by atoms with Crippen molar-refractivity contribution in [2.45, 2.75) is 64.5 Å². The van der Waals surface area contributed by atoms with Gasteiger partial charge in [0.15, 0.2) is 0 Å². The highest BCUT2D eigenvalue weighted by atomic mass is 19.4. The summed E-state index contributed by atoms with van der Waals surface area (Å²) in [6.45, 7) is 8.46. The topological polar surface area (TPSA) is 40.5 Å². The SMILES string of the molecule is C=CC(=O)OC1CCC(Oc2ccc3cc(-c4ccccc4)n(CCCC(C)C)c3c2)C1C(F)(F)F. The van der Waals surface area contributed by atoms with Crippen molar-refractivity contribution in [2.24, 2.45) is 11.8 Å². The summed E-state index contributed by atoms with van der Waals surface area (Å²) < 4.78 is 55.0. The number of aromatic nitrogens is 1. The molecule has 0 spiro atoms. The van der Waals surface area contributed by atoms with Crippen LogP contribution in [0, 0.1) is 11.8 Å². The number of alkyl halides is 3. The first-order valence-corrected chi connectivity index (χ1v) is 12.4. The largest absolute Gasteiger partial charge is 0.490 e. The maximum absolute atomic E-state index is 13.9. The number of nitrogens with zero attached hydrogens (tertiary/aromatic N) is 1. The van der Waals surface area contributed by atoms with Crippen LogP contribution < -0.4 is 4.74 Å². The molecular weight excluding hydrogens is 467 g/mol. The minimum atomic E-state index is -4.56. The van der Waals surface area contributed by atoms with Gasteiger partial charge in [-0.25, -0.2) is 4.79 Å². The molecule has 3 unspecified atom stereocenters. The van der Waals surface area contributed by atoms with Crippen molar-refractivity contribution in [3.8, 4) is 17.0 Å². The number of halogens is 3. The zero-order chi connectivity index (χ0) is 25.9. The lowest BCUT2D eigenvalue weighted by Crippen LogP contribution is -2.41. The fourth-order valence-electron chi connectivity index (χ4n) is 5.04. The van der Waals surface area contributed by atoms with Crippen LogP contribution in [0.4, 0.5) is 13.2 Å². The third kappa shape index (κ3) is 5.77. The lowest BCUT2D eigenvalue weighted by molar-refractivity contribution is -0.214. The van der Waals surface area contributed by atoms with E-state index in [4.69, 9.17) is 9.47 Å². The minimum absolute atomic E-state index is 0.0837. The molecule has 1 aliphatic carbocycles. The Labute approximate surface area is 209 Å². The van der Waals surface area contributed by atoms with Gasteiger partial charge in [0.1, 0.15) is 23.9 Å². The molecule has 3 atom stereocenters. The van der Waals surface area contributed by atoms with Crippen LogP contribution in [0.25, 0.3) is 22.2 Å². The van der Waals surface area contributed by atoms with Crippen LogP contribution in [-0.4, -0.2) is 28.9 Å². The summed E-state index contributed by atoms with van der Waals surface area (Å²) >= 11 is 0. The van der Waals surface area contributed by atoms with Crippen LogP contribution in [0.3, 0.4) is 0 Å². The Kier molecular flexibility index (Phi) is 7.76. The first-order chi connectivity index (χ1) is 17.2. The Bertz CT molecular complexity index is 1200. The van der Waals surface area contributed by atoms with Crippen molar-refractivity contribution in [3.63, 3.8) is 0 Å². The Morgan fingerprint density at radius 3 is 2.50 bits per heavy atom. The normalized spacial score (nSPS) is 20.1. The van der Waals surface area contributed by atoms with E-state index in [-0.39, 0.29) is 12.8 Å². The van der Waals surface area contributed by atoms with Crippen molar-refractivity contribution in [3.05, 3.63) is 67.3 Å². The molecule has 36 heavy (non-hydrogen) atoms. The lowest BCUT2D eigenvalue weighted by Gasteiger charge is -2.27. The van der Waals surface area contributed by atoms with Crippen LogP contribution in [0.1, 0.15) is 39.5 Å². The van der Waals surface area contributed by atoms with Crippen molar-refractivity contribution in [1.82, 2.24) is 4.57 Å². The molecule has 7 heteroatoms. The zero-order valence-electron chi connectivity index (χ0n) is 20.6. The molecule has 0 bridgehead atoms. The van der Waals surface area contributed by atoms with Gasteiger partial charge in [0.05, 0.1) is 5.52 Å². The Morgan fingerprint density at radius 1 is 1.11 bits per heavy atom. The fourth-order valence-corrected chi connectivity index (χ4v) is 5.04. The quantitative estimate of drug-likeness (QED) is 0.225. The van der Waals surface area contributed by atoms with Crippen LogP contribution >= 0.6 is 0 Å². The number of carbonyl (C=O) groups is 1. The van der Waals surface area contributed by atoms with Gasteiger partial charge in [0.2, 0.25) is 0 Å². The zero-order valence-corrected chi connectivity index (χ0v) is 20.6. The average Bonchev–Trinajstić information content (AvgIpc) is 3.40. The fraction of sp³-hybridized carbons (Fsp3) is 0.414. The van der Waals surface area contributed by atoms with E-state index < -0.39 is 30.3 Å². The summed E-state index contributed by atoms with van der Waals surface area (Å²) in [5.74, 6) is -1.80. The average molecular weight is 500 g/mol.